The van der Waals surface area contributed by atoms with Crippen LogP contribution in [0.5, 0.6) is 11.5 Å². The number of nitrogens with one attached hydrogen (secondary N) is 1. The van der Waals surface area contributed by atoms with Gasteiger partial charge in [-0.1, -0.05) is 12.1 Å². The molecule has 0 bridgehead atoms. The molecule has 0 aromatic heterocycles. The Kier molecular flexibility index (Phi) is 6.24. The zero-order valence-electron chi connectivity index (χ0n) is 17.3. The van der Waals surface area contributed by atoms with Crippen LogP contribution in [0.1, 0.15) is 42.3 Å². The number of rotatable bonds is 8. The lowest BCUT2D eigenvalue weighted by molar-refractivity contribution is -0.131. The Balaban J connectivity index is 1.88. The molecule has 1 saturated heterocycles. The number of hydrogen-bond donors (Lipinski definition) is 1. The lowest BCUT2D eigenvalue weighted by atomic mass is 9.92. The molecule has 0 spiro atoms. The number of ether oxygens (including phenoxy) is 2. The van der Waals surface area contributed by atoms with Crippen molar-refractivity contribution in [2.45, 2.75) is 39.5 Å². The van der Waals surface area contributed by atoms with Crippen molar-refractivity contribution in [2.24, 2.45) is 0 Å². The van der Waals surface area contributed by atoms with E-state index in [0.29, 0.717) is 29.0 Å². The third-order valence-electron chi connectivity index (χ3n) is 5.03. The average molecular weight is 432 g/mol. The number of hydrogen-bond acceptors (Lipinski definition) is 5. The molecule has 1 atom stereocenters. The second-order valence-corrected chi connectivity index (χ2v) is 7.16. The van der Waals surface area contributed by atoms with E-state index in [1.807, 2.05) is 0 Å². The van der Waals surface area contributed by atoms with Crippen LogP contribution >= 0.6 is 0 Å². The predicted molar refractivity (Wildman–Crippen MR) is 107 cm³/mol. The highest BCUT2D eigenvalue weighted by Gasteiger charge is 2.49. The normalized spacial score (nSPS) is 18.3. The largest absolute Gasteiger partial charge is 0.494 e. The number of alkyl halides is 2. The van der Waals surface area contributed by atoms with Crippen molar-refractivity contribution < 1.29 is 32.6 Å². The van der Waals surface area contributed by atoms with Gasteiger partial charge in [-0.25, -0.2) is 4.79 Å². The minimum atomic E-state index is -2.96. The predicted octanol–water partition coefficient (Wildman–Crippen LogP) is 3.86. The minimum Gasteiger partial charge on any atom is -0.494 e. The molecule has 1 aliphatic rings. The summed E-state index contributed by atoms with van der Waals surface area (Å²) < 4.78 is 34.6. The fourth-order valence-corrected chi connectivity index (χ4v) is 3.39. The van der Waals surface area contributed by atoms with Crippen LogP contribution in [0.15, 0.2) is 42.5 Å². The summed E-state index contributed by atoms with van der Waals surface area (Å²) in [7, 11) is 0. The number of Topliss-reactive ketones (excluding diaryl/α,β-unsaturated/α-hetero) is 1. The summed E-state index contributed by atoms with van der Waals surface area (Å²) in [6.45, 7) is 2.07. The monoisotopic (exact) mass is 432 g/mol. The van der Waals surface area contributed by atoms with E-state index in [-0.39, 0.29) is 18.1 Å². The molecule has 1 aliphatic heterocycles. The van der Waals surface area contributed by atoms with Gasteiger partial charge in [0.1, 0.15) is 17.0 Å². The van der Waals surface area contributed by atoms with Crippen molar-refractivity contribution in [3.05, 3.63) is 59.2 Å². The number of benzene rings is 2. The average Bonchev–Trinajstić information content (AvgIpc) is 2.93. The molecule has 0 radical (unpaired) electrons. The quantitative estimate of drug-likeness (QED) is 0.506. The highest BCUT2D eigenvalue weighted by atomic mass is 19.3. The van der Waals surface area contributed by atoms with Gasteiger partial charge in [0.15, 0.2) is 5.78 Å². The molecule has 164 valence electrons. The third-order valence-corrected chi connectivity index (χ3v) is 5.03. The summed E-state index contributed by atoms with van der Waals surface area (Å²) in [5.41, 5.74) is -0.0203. The Morgan fingerprint density at radius 3 is 2.42 bits per heavy atom. The van der Waals surface area contributed by atoms with Gasteiger partial charge in [-0.2, -0.15) is 8.78 Å². The summed E-state index contributed by atoms with van der Waals surface area (Å²) in [6.07, 6.45) is 0. The van der Waals surface area contributed by atoms with Gasteiger partial charge >= 0.3 is 12.6 Å². The zero-order chi connectivity index (χ0) is 22.8. The lowest BCUT2D eigenvalue weighted by Crippen LogP contribution is -2.40. The molecule has 1 N–H and O–H groups in total. The van der Waals surface area contributed by atoms with Gasteiger partial charge in [0.05, 0.1) is 13.2 Å². The van der Waals surface area contributed by atoms with Crippen LogP contribution in [0.3, 0.4) is 0 Å². The molecule has 31 heavy (non-hydrogen) atoms. The highest BCUT2D eigenvalue weighted by Crippen LogP contribution is 2.32. The Labute approximate surface area is 177 Å². The smallest absolute Gasteiger partial charge is 0.387 e. The molecule has 3 amide bonds. The Hall–Kier alpha value is -3.49. The van der Waals surface area contributed by atoms with Crippen molar-refractivity contribution in [2.75, 3.05) is 6.61 Å². The molecule has 0 saturated carbocycles. The van der Waals surface area contributed by atoms with E-state index < -0.39 is 24.1 Å². The summed E-state index contributed by atoms with van der Waals surface area (Å²) in [4.78, 5) is 38.6. The first-order valence-corrected chi connectivity index (χ1v) is 9.61. The number of nitrogens with zero attached hydrogens (tertiary/aromatic N) is 1. The van der Waals surface area contributed by atoms with Gasteiger partial charge in [-0.05, 0) is 56.7 Å². The van der Waals surface area contributed by atoms with E-state index in [4.69, 9.17) is 4.74 Å². The second kappa shape index (κ2) is 8.71. The molecule has 1 heterocycles. The van der Waals surface area contributed by atoms with Crippen molar-refractivity contribution in [1.29, 1.82) is 0 Å². The number of imide groups is 1. The number of carbonyl (C=O) groups is 3. The minimum absolute atomic E-state index is 0.0571. The molecule has 2 aromatic carbocycles. The molecule has 0 aliphatic carbocycles. The summed E-state index contributed by atoms with van der Waals surface area (Å²) >= 11 is 0. The second-order valence-electron chi connectivity index (χ2n) is 7.16. The standard InChI is InChI=1S/C22H22F2N2O5/c1-4-30-18-10-5-14(13(2)27)11-15(18)12-26-19(28)22(3,25-21(26)29)16-6-8-17(9-7-16)31-20(23)24/h5-11,20H,4,12H2,1-3H3,(H,25,29). The lowest BCUT2D eigenvalue weighted by Gasteiger charge is -2.23. The first-order chi connectivity index (χ1) is 14.7. The van der Waals surface area contributed by atoms with Crippen molar-refractivity contribution in [3.63, 3.8) is 0 Å². The Morgan fingerprint density at radius 2 is 1.84 bits per heavy atom. The van der Waals surface area contributed by atoms with E-state index in [1.165, 1.54) is 38.1 Å². The number of amides is 3. The van der Waals surface area contributed by atoms with E-state index in [9.17, 15) is 23.2 Å². The van der Waals surface area contributed by atoms with Crippen LogP contribution in [0.2, 0.25) is 0 Å². The molecule has 1 fully saturated rings. The van der Waals surface area contributed by atoms with Crippen LogP contribution in [-0.2, 0) is 16.9 Å². The molecule has 7 nitrogen and oxygen atoms in total. The molecule has 3 rings (SSSR count). The zero-order valence-corrected chi connectivity index (χ0v) is 17.3. The number of ketones is 1. The fourth-order valence-electron chi connectivity index (χ4n) is 3.39. The summed E-state index contributed by atoms with van der Waals surface area (Å²) in [5.74, 6) is -0.262. The van der Waals surface area contributed by atoms with E-state index in [0.717, 1.165) is 4.90 Å². The SMILES string of the molecule is CCOc1ccc(C(C)=O)cc1CN1C(=O)NC(C)(c2ccc(OC(F)F)cc2)C1=O. The van der Waals surface area contributed by atoms with Crippen molar-refractivity contribution in [1.82, 2.24) is 10.2 Å². The maximum Gasteiger partial charge on any atom is 0.387 e. The fraction of sp³-hybridized carbons (Fsp3) is 0.318. The van der Waals surface area contributed by atoms with Gasteiger partial charge in [-0.3, -0.25) is 14.5 Å². The van der Waals surface area contributed by atoms with Crippen molar-refractivity contribution in [3.8, 4) is 11.5 Å². The first kappa shape index (κ1) is 22.2. The highest BCUT2D eigenvalue weighted by molar-refractivity contribution is 6.07. The topological polar surface area (TPSA) is 84.9 Å². The van der Waals surface area contributed by atoms with Gasteiger partial charge in [0.2, 0.25) is 0 Å². The number of halogens is 2. The van der Waals surface area contributed by atoms with Crippen LogP contribution in [0.4, 0.5) is 13.6 Å². The molecular formula is C22H22F2N2O5. The van der Waals surface area contributed by atoms with E-state index in [2.05, 4.69) is 10.1 Å². The number of urea groups is 1. The maximum atomic E-state index is 13.2. The van der Waals surface area contributed by atoms with Gasteiger partial charge in [-0.15, -0.1) is 0 Å². The Morgan fingerprint density at radius 1 is 1.16 bits per heavy atom. The van der Waals surface area contributed by atoms with E-state index in [1.54, 1.807) is 25.1 Å². The molecular weight excluding hydrogens is 410 g/mol. The van der Waals surface area contributed by atoms with Crippen molar-refractivity contribution >= 4 is 17.7 Å². The maximum absolute atomic E-state index is 13.2. The van der Waals surface area contributed by atoms with Gasteiger partial charge in [0, 0.05) is 11.1 Å². The summed E-state index contributed by atoms with van der Waals surface area (Å²) in [5, 5.41) is 2.66. The van der Waals surface area contributed by atoms with Gasteiger partial charge < -0.3 is 14.8 Å². The van der Waals surface area contributed by atoms with E-state index >= 15 is 0 Å². The Bertz CT molecular complexity index is 1010. The molecule has 2 aromatic rings. The van der Waals surface area contributed by atoms with Crippen LogP contribution < -0.4 is 14.8 Å². The van der Waals surface area contributed by atoms with Crippen LogP contribution in [-0.4, -0.2) is 35.8 Å². The van der Waals surface area contributed by atoms with Crippen LogP contribution in [0, 0.1) is 0 Å². The molecule has 1 unspecified atom stereocenters. The first-order valence-electron chi connectivity index (χ1n) is 9.61. The number of carbonyl (C=O) groups excluding carboxylic acids is 3. The van der Waals surface area contributed by atoms with Gasteiger partial charge in [0.25, 0.3) is 5.91 Å². The summed E-state index contributed by atoms with van der Waals surface area (Å²) in [6, 6.07) is 9.74. The third kappa shape index (κ3) is 4.50. The molecule has 9 heteroatoms. The van der Waals surface area contributed by atoms with Crippen LogP contribution in [0.25, 0.3) is 0 Å².